The lowest BCUT2D eigenvalue weighted by Crippen LogP contribution is -2.38. The van der Waals surface area contributed by atoms with Gasteiger partial charge in [0.15, 0.2) is 0 Å². The smallest absolute Gasteiger partial charge is 0.331 e. The van der Waals surface area contributed by atoms with Gasteiger partial charge >= 0.3 is 6.03 Å². The van der Waals surface area contributed by atoms with E-state index < -0.39 is 0 Å². The third kappa shape index (κ3) is 3.43. The highest BCUT2D eigenvalue weighted by atomic mass is 16.2. The number of carbonyl (C=O) groups excluding carboxylic acids is 3. The maximum atomic E-state index is 12.7. The van der Waals surface area contributed by atoms with Gasteiger partial charge in [-0.1, -0.05) is 36.4 Å². The van der Waals surface area contributed by atoms with Gasteiger partial charge in [-0.3, -0.25) is 19.4 Å². The molecule has 0 aromatic heterocycles. The molecular formula is C21H21N3O3. The lowest BCUT2D eigenvalue weighted by atomic mass is 10.1. The number of hydrogen-bond acceptors (Lipinski definition) is 3. The SMILES string of the molecule is O=C(c1ccccc1)N1CCC(CN2C(=O)CN(c3ccccc3)C2=O)C1. The Morgan fingerprint density at radius 1 is 0.963 bits per heavy atom. The number of nitrogens with zero attached hydrogens (tertiary/aromatic N) is 3. The number of amides is 4. The van der Waals surface area contributed by atoms with Gasteiger partial charge in [-0.2, -0.15) is 0 Å². The van der Waals surface area contributed by atoms with Crippen LogP contribution in [0, 0.1) is 5.92 Å². The molecule has 0 spiro atoms. The van der Waals surface area contributed by atoms with Crippen molar-refractivity contribution < 1.29 is 14.4 Å². The van der Waals surface area contributed by atoms with Crippen LogP contribution in [-0.4, -0.2) is 53.8 Å². The Labute approximate surface area is 158 Å². The number of urea groups is 1. The Kier molecular flexibility index (Phi) is 4.62. The number of likely N-dealkylation sites (tertiary alicyclic amines) is 1. The fraction of sp³-hybridized carbons (Fsp3) is 0.286. The molecule has 4 amide bonds. The Hall–Kier alpha value is -3.15. The van der Waals surface area contributed by atoms with Crippen LogP contribution in [0.1, 0.15) is 16.8 Å². The number of carbonyl (C=O) groups is 3. The van der Waals surface area contributed by atoms with Gasteiger partial charge in [0.1, 0.15) is 6.54 Å². The second-order valence-electron chi connectivity index (χ2n) is 6.98. The summed E-state index contributed by atoms with van der Waals surface area (Å²) in [4.78, 5) is 42.3. The molecule has 2 saturated heterocycles. The first-order chi connectivity index (χ1) is 13.1. The molecule has 2 aliphatic rings. The monoisotopic (exact) mass is 363 g/mol. The quantitative estimate of drug-likeness (QED) is 0.785. The molecule has 6 heteroatoms. The first-order valence-electron chi connectivity index (χ1n) is 9.14. The Morgan fingerprint density at radius 2 is 1.63 bits per heavy atom. The van der Waals surface area contributed by atoms with E-state index in [1.54, 1.807) is 17.0 Å². The zero-order chi connectivity index (χ0) is 18.8. The molecule has 2 heterocycles. The highest BCUT2D eigenvalue weighted by Crippen LogP contribution is 2.25. The standard InChI is InChI=1S/C21H21N3O3/c25-19-15-23(18-9-5-2-6-10-18)21(27)24(19)14-16-11-12-22(13-16)20(26)17-7-3-1-4-8-17/h1-10,16H,11-15H2. The van der Waals surface area contributed by atoms with Crippen molar-refractivity contribution >= 4 is 23.5 Å². The van der Waals surface area contributed by atoms with Crippen molar-refractivity contribution in [1.29, 1.82) is 0 Å². The van der Waals surface area contributed by atoms with E-state index in [-0.39, 0.29) is 30.3 Å². The van der Waals surface area contributed by atoms with Gasteiger partial charge in [-0.25, -0.2) is 4.79 Å². The van der Waals surface area contributed by atoms with Crippen molar-refractivity contribution in [2.75, 3.05) is 31.1 Å². The topological polar surface area (TPSA) is 60.9 Å². The maximum absolute atomic E-state index is 12.7. The number of hydrogen-bond donors (Lipinski definition) is 0. The lowest BCUT2D eigenvalue weighted by molar-refractivity contribution is -0.125. The molecule has 0 saturated carbocycles. The molecule has 1 atom stereocenters. The summed E-state index contributed by atoms with van der Waals surface area (Å²) in [6.45, 7) is 1.65. The fourth-order valence-electron chi connectivity index (χ4n) is 3.72. The van der Waals surface area contributed by atoms with Crippen molar-refractivity contribution in [3.05, 3.63) is 66.2 Å². The highest BCUT2D eigenvalue weighted by Gasteiger charge is 2.39. The zero-order valence-electron chi connectivity index (χ0n) is 15.0. The molecule has 1 unspecified atom stereocenters. The fourth-order valence-corrected chi connectivity index (χ4v) is 3.72. The molecule has 138 valence electrons. The molecule has 27 heavy (non-hydrogen) atoms. The minimum absolute atomic E-state index is 0.00286. The lowest BCUT2D eigenvalue weighted by Gasteiger charge is -2.21. The average molecular weight is 363 g/mol. The molecule has 2 fully saturated rings. The van der Waals surface area contributed by atoms with E-state index >= 15 is 0 Å². The van der Waals surface area contributed by atoms with E-state index in [2.05, 4.69) is 0 Å². The van der Waals surface area contributed by atoms with Crippen LogP contribution in [0.2, 0.25) is 0 Å². The van der Waals surface area contributed by atoms with Crippen LogP contribution in [0.5, 0.6) is 0 Å². The number of imide groups is 1. The van der Waals surface area contributed by atoms with Gasteiger partial charge in [0, 0.05) is 30.9 Å². The number of para-hydroxylation sites is 1. The van der Waals surface area contributed by atoms with Gasteiger partial charge in [0.25, 0.3) is 11.8 Å². The summed E-state index contributed by atoms with van der Waals surface area (Å²) in [5.74, 6) is -0.0685. The van der Waals surface area contributed by atoms with Crippen molar-refractivity contribution in [3.8, 4) is 0 Å². The largest absolute Gasteiger partial charge is 0.338 e. The second-order valence-corrected chi connectivity index (χ2v) is 6.98. The highest BCUT2D eigenvalue weighted by molar-refractivity contribution is 6.12. The van der Waals surface area contributed by atoms with Crippen molar-refractivity contribution in [2.24, 2.45) is 5.92 Å². The number of rotatable bonds is 4. The van der Waals surface area contributed by atoms with Crippen molar-refractivity contribution in [2.45, 2.75) is 6.42 Å². The molecule has 0 N–H and O–H groups in total. The Balaban J connectivity index is 1.39. The molecule has 6 nitrogen and oxygen atoms in total. The van der Waals surface area contributed by atoms with Crippen LogP contribution >= 0.6 is 0 Å². The molecule has 4 rings (SSSR count). The van der Waals surface area contributed by atoms with Crippen LogP contribution in [0.4, 0.5) is 10.5 Å². The van der Waals surface area contributed by atoms with Crippen LogP contribution in [0.15, 0.2) is 60.7 Å². The minimum Gasteiger partial charge on any atom is -0.338 e. The van der Waals surface area contributed by atoms with Crippen molar-refractivity contribution in [1.82, 2.24) is 9.80 Å². The van der Waals surface area contributed by atoms with E-state index in [9.17, 15) is 14.4 Å². The van der Waals surface area contributed by atoms with Crippen LogP contribution in [0.25, 0.3) is 0 Å². The molecule has 2 aromatic rings. The molecule has 0 aliphatic carbocycles. The summed E-state index contributed by atoms with van der Waals surface area (Å²) in [7, 11) is 0. The predicted octanol–water partition coefficient (Wildman–Crippen LogP) is 2.62. The average Bonchev–Trinajstić information content (AvgIpc) is 3.29. The Morgan fingerprint density at radius 3 is 2.33 bits per heavy atom. The van der Waals surface area contributed by atoms with Gasteiger partial charge in [0.2, 0.25) is 0 Å². The number of benzene rings is 2. The molecule has 0 bridgehead atoms. The maximum Gasteiger partial charge on any atom is 0.331 e. The van der Waals surface area contributed by atoms with Crippen LogP contribution in [-0.2, 0) is 4.79 Å². The number of anilines is 1. The molecule has 2 aromatic carbocycles. The van der Waals surface area contributed by atoms with Gasteiger partial charge in [-0.15, -0.1) is 0 Å². The zero-order valence-corrected chi connectivity index (χ0v) is 15.0. The predicted molar refractivity (Wildman–Crippen MR) is 101 cm³/mol. The van der Waals surface area contributed by atoms with E-state index in [1.807, 2.05) is 48.5 Å². The summed E-state index contributed by atoms with van der Waals surface area (Å²) in [5.41, 5.74) is 1.40. The summed E-state index contributed by atoms with van der Waals surface area (Å²) >= 11 is 0. The normalized spacial score (nSPS) is 19.9. The van der Waals surface area contributed by atoms with Gasteiger partial charge < -0.3 is 4.90 Å². The van der Waals surface area contributed by atoms with E-state index in [0.29, 0.717) is 25.2 Å². The molecule has 0 radical (unpaired) electrons. The third-order valence-corrected chi connectivity index (χ3v) is 5.16. The summed E-state index contributed by atoms with van der Waals surface area (Å²) in [6.07, 6.45) is 0.793. The first kappa shape index (κ1) is 17.3. The van der Waals surface area contributed by atoms with Crippen molar-refractivity contribution in [3.63, 3.8) is 0 Å². The third-order valence-electron chi connectivity index (χ3n) is 5.16. The van der Waals surface area contributed by atoms with Crippen LogP contribution in [0.3, 0.4) is 0 Å². The van der Waals surface area contributed by atoms with E-state index in [0.717, 1.165) is 12.1 Å². The van der Waals surface area contributed by atoms with E-state index in [1.165, 1.54) is 9.80 Å². The van der Waals surface area contributed by atoms with Gasteiger partial charge in [-0.05, 0) is 36.6 Å². The molecular weight excluding hydrogens is 342 g/mol. The summed E-state index contributed by atoms with van der Waals surface area (Å²) in [6, 6.07) is 18.1. The molecule has 2 aliphatic heterocycles. The summed E-state index contributed by atoms with van der Waals surface area (Å²) in [5, 5.41) is 0. The van der Waals surface area contributed by atoms with Gasteiger partial charge in [0.05, 0.1) is 0 Å². The van der Waals surface area contributed by atoms with E-state index in [4.69, 9.17) is 0 Å². The Bertz CT molecular complexity index is 853. The first-order valence-corrected chi connectivity index (χ1v) is 9.14. The minimum atomic E-state index is -0.279. The second kappa shape index (κ2) is 7.23. The summed E-state index contributed by atoms with van der Waals surface area (Å²) < 4.78 is 0. The van der Waals surface area contributed by atoms with Crippen LogP contribution < -0.4 is 4.90 Å².